The van der Waals surface area contributed by atoms with Crippen LogP contribution >= 0.6 is 23.4 Å². The van der Waals surface area contributed by atoms with Gasteiger partial charge in [0, 0.05) is 11.6 Å². The summed E-state index contributed by atoms with van der Waals surface area (Å²) in [6.45, 7) is 0.752. The Morgan fingerprint density at radius 3 is 2.73 bits per heavy atom. The molecule has 10 heteroatoms. The quantitative estimate of drug-likeness (QED) is 0.348. The van der Waals surface area contributed by atoms with Crippen molar-refractivity contribution in [2.75, 3.05) is 5.75 Å². The third-order valence-electron chi connectivity index (χ3n) is 4.29. The van der Waals surface area contributed by atoms with Crippen LogP contribution in [0.3, 0.4) is 0 Å². The van der Waals surface area contributed by atoms with Crippen LogP contribution < -0.4 is 5.32 Å². The molecule has 0 atom stereocenters. The van der Waals surface area contributed by atoms with Crippen LogP contribution in [0.25, 0.3) is 11.2 Å². The number of carbonyl (C=O) groups excluding carboxylic acids is 1. The van der Waals surface area contributed by atoms with Crippen LogP contribution in [0.1, 0.15) is 11.1 Å². The van der Waals surface area contributed by atoms with Crippen LogP contribution in [0.15, 0.2) is 59.9 Å². The molecule has 2 heterocycles. The fourth-order valence-electron chi connectivity index (χ4n) is 2.77. The van der Waals surface area contributed by atoms with Gasteiger partial charge in [0.25, 0.3) is 0 Å². The monoisotopic (exact) mass is 442 g/mol. The molecule has 30 heavy (non-hydrogen) atoms. The highest BCUT2D eigenvalue weighted by Gasteiger charge is 2.14. The Hall–Kier alpha value is -3.04. The van der Waals surface area contributed by atoms with Gasteiger partial charge < -0.3 is 5.32 Å². The van der Waals surface area contributed by atoms with Gasteiger partial charge in [0.1, 0.15) is 17.2 Å². The van der Waals surface area contributed by atoms with Crippen LogP contribution in [0.5, 0.6) is 0 Å². The van der Waals surface area contributed by atoms with Crippen molar-refractivity contribution in [3.05, 3.63) is 76.8 Å². The first-order valence-electron chi connectivity index (χ1n) is 9.01. The molecule has 4 aromatic rings. The summed E-state index contributed by atoms with van der Waals surface area (Å²) in [6.07, 6.45) is 1.41. The second-order valence-electron chi connectivity index (χ2n) is 6.38. The Labute approximate surface area is 180 Å². The summed E-state index contributed by atoms with van der Waals surface area (Å²) in [5.41, 5.74) is 2.79. The molecule has 0 bridgehead atoms. The number of hydrogen-bond acceptors (Lipinski definition) is 6. The van der Waals surface area contributed by atoms with Crippen LogP contribution in [0.2, 0.25) is 5.02 Å². The molecule has 0 saturated heterocycles. The van der Waals surface area contributed by atoms with E-state index in [-0.39, 0.29) is 17.5 Å². The first kappa shape index (κ1) is 20.2. The summed E-state index contributed by atoms with van der Waals surface area (Å²) >= 11 is 7.36. The van der Waals surface area contributed by atoms with Gasteiger partial charge in [-0.05, 0) is 29.3 Å². The van der Waals surface area contributed by atoms with E-state index in [1.54, 1.807) is 22.9 Å². The maximum absolute atomic E-state index is 13.1. The number of nitrogens with zero attached hydrogens (tertiary/aromatic N) is 5. The Balaban J connectivity index is 1.41. The molecule has 0 unspecified atom stereocenters. The predicted octanol–water partition coefficient (Wildman–Crippen LogP) is 3.47. The van der Waals surface area contributed by atoms with E-state index in [1.807, 2.05) is 18.2 Å². The van der Waals surface area contributed by atoms with Crippen molar-refractivity contribution in [1.82, 2.24) is 30.3 Å². The zero-order chi connectivity index (χ0) is 20.9. The van der Waals surface area contributed by atoms with E-state index in [2.05, 4.69) is 25.6 Å². The molecule has 1 N–H and O–H groups in total. The zero-order valence-corrected chi connectivity index (χ0v) is 17.2. The molecular formula is C20H16ClFN6OS. The molecule has 7 nitrogen and oxygen atoms in total. The molecule has 0 fully saturated rings. The summed E-state index contributed by atoms with van der Waals surface area (Å²) < 4.78 is 14.7. The number of rotatable bonds is 7. The molecular weight excluding hydrogens is 427 g/mol. The lowest BCUT2D eigenvalue weighted by molar-refractivity contribution is -0.118. The lowest BCUT2D eigenvalue weighted by atomic mass is 10.2. The summed E-state index contributed by atoms with van der Waals surface area (Å²) in [5, 5.41) is 12.3. The smallest absolute Gasteiger partial charge is 0.230 e. The molecule has 0 aliphatic heterocycles. The number of aromatic nitrogens is 5. The number of carbonyl (C=O) groups is 1. The van der Waals surface area contributed by atoms with Gasteiger partial charge in [0.05, 0.1) is 12.3 Å². The molecule has 0 saturated carbocycles. The highest BCUT2D eigenvalue weighted by molar-refractivity contribution is 8.00. The van der Waals surface area contributed by atoms with Crippen molar-refractivity contribution in [2.45, 2.75) is 18.1 Å². The standard InChI is InChI=1S/C20H16ClFN6OS/c21-16-4-2-1-3-14(16)9-23-17(29)11-30-20-18-19(24-12-25-20)28(27-26-18)10-13-5-7-15(22)8-6-13/h1-8,12H,9-11H2,(H,23,29). The minimum atomic E-state index is -0.295. The van der Waals surface area contributed by atoms with Crippen molar-refractivity contribution in [3.8, 4) is 0 Å². The number of halogens is 2. The molecule has 1 amide bonds. The van der Waals surface area contributed by atoms with Gasteiger partial charge in [-0.3, -0.25) is 4.79 Å². The normalized spacial score (nSPS) is 11.0. The first-order chi connectivity index (χ1) is 14.6. The molecule has 0 aliphatic rings. The van der Waals surface area contributed by atoms with Crippen LogP contribution in [0, 0.1) is 5.82 Å². The van der Waals surface area contributed by atoms with Gasteiger partial charge in [-0.1, -0.05) is 58.9 Å². The number of benzene rings is 2. The fraction of sp³-hybridized carbons (Fsp3) is 0.150. The largest absolute Gasteiger partial charge is 0.351 e. The average Bonchev–Trinajstić information content (AvgIpc) is 3.17. The van der Waals surface area contributed by atoms with E-state index in [9.17, 15) is 9.18 Å². The summed E-state index contributed by atoms with van der Waals surface area (Å²) in [4.78, 5) is 20.7. The van der Waals surface area contributed by atoms with Gasteiger partial charge in [0.2, 0.25) is 5.91 Å². The van der Waals surface area contributed by atoms with E-state index in [0.717, 1.165) is 11.1 Å². The van der Waals surface area contributed by atoms with Gasteiger partial charge in [-0.2, -0.15) is 0 Å². The molecule has 152 valence electrons. The third-order valence-corrected chi connectivity index (χ3v) is 5.63. The Bertz CT molecular complexity index is 1180. The topological polar surface area (TPSA) is 85.6 Å². The van der Waals surface area contributed by atoms with Crippen LogP contribution in [-0.2, 0) is 17.9 Å². The Morgan fingerprint density at radius 1 is 1.13 bits per heavy atom. The number of nitrogens with one attached hydrogen (secondary N) is 1. The molecule has 2 aromatic heterocycles. The van der Waals surface area contributed by atoms with Gasteiger partial charge in [0.15, 0.2) is 11.2 Å². The molecule has 2 aromatic carbocycles. The Kier molecular flexibility index (Phi) is 6.20. The highest BCUT2D eigenvalue weighted by Crippen LogP contribution is 2.23. The van der Waals surface area contributed by atoms with E-state index >= 15 is 0 Å². The van der Waals surface area contributed by atoms with Gasteiger partial charge in [-0.15, -0.1) is 5.10 Å². The predicted molar refractivity (Wildman–Crippen MR) is 113 cm³/mol. The highest BCUT2D eigenvalue weighted by atomic mass is 35.5. The summed E-state index contributed by atoms with van der Waals surface area (Å²) in [7, 11) is 0. The average molecular weight is 443 g/mol. The van der Waals surface area contributed by atoms with Crippen molar-refractivity contribution in [3.63, 3.8) is 0 Å². The second kappa shape index (κ2) is 9.19. The van der Waals surface area contributed by atoms with E-state index in [0.29, 0.717) is 34.3 Å². The fourth-order valence-corrected chi connectivity index (χ4v) is 3.73. The minimum Gasteiger partial charge on any atom is -0.351 e. The van der Waals surface area contributed by atoms with Gasteiger partial charge in [-0.25, -0.2) is 19.0 Å². The lowest BCUT2D eigenvalue weighted by Gasteiger charge is -2.07. The van der Waals surface area contributed by atoms with E-state index in [1.165, 1.54) is 30.2 Å². The maximum Gasteiger partial charge on any atom is 0.230 e. The summed E-state index contributed by atoms with van der Waals surface area (Å²) in [6, 6.07) is 13.5. The maximum atomic E-state index is 13.1. The van der Waals surface area contributed by atoms with E-state index in [4.69, 9.17) is 11.6 Å². The number of amides is 1. The third kappa shape index (κ3) is 4.74. The van der Waals surface area contributed by atoms with Gasteiger partial charge >= 0.3 is 0 Å². The number of thioether (sulfide) groups is 1. The molecule has 4 rings (SSSR count). The zero-order valence-electron chi connectivity index (χ0n) is 15.6. The van der Waals surface area contributed by atoms with Crippen molar-refractivity contribution in [1.29, 1.82) is 0 Å². The SMILES string of the molecule is O=C(CSc1ncnc2c1nnn2Cc1ccc(F)cc1)NCc1ccccc1Cl. The molecule has 0 aliphatic carbocycles. The van der Waals surface area contributed by atoms with Crippen molar-refractivity contribution < 1.29 is 9.18 Å². The van der Waals surface area contributed by atoms with Crippen LogP contribution in [0.4, 0.5) is 4.39 Å². The first-order valence-corrected chi connectivity index (χ1v) is 10.4. The summed E-state index contributed by atoms with van der Waals surface area (Å²) in [5.74, 6) is -0.275. The lowest BCUT2D eigenvalue weighted by Crippen LogP contribution is -2.24. The number of fused-ring (bicyclic) bond motifs is 1. The molecule has 0 radical (unpaired) electrons. The second-order valence-corrected chi connectivity index (χ2v) is 7.75. The number of hydrogen-bond donors (Lipinski definition) is 1. The van der Waals surface area contributed by atoms with Crippen molar-refractivity contribution in [2.24, 2.45) is 0 Å². The molecule has 0 spiro atoms. The Morgan fingerprint density at radius 2 is 1.93 bits per heavy atom. The van der Waals surface area contributed by atoms with E-state index < -0.39 is 0 Å². The van der Waals surface area contributed by atoms with Crippen molar-refractivity contribution >= 4 is 40.4 Å². The minimum absolute atomic E-state index is 0.148. The van der Waals surface area contributed by atoms with Crippen LogP contribution in [-0.4, -0.2) is 36.6 Å².